The molecule has 2 heterocycles. The first-order chi connectivity index (χ1) is 8.70. The Balaban J connectivity index is 2.01. The summed E-state index contributed by atoms with van der Waals surface area (Å²) < 4.78 is 5.23. The predicted octanol–water partition coefficient (Wildman–Crippen LogP) is 2.89. The van der Waals surface area contributed by atoms with E-state index < -0.39 is 0 Å². The number of ketones is 1. The highest BCUT2D eigenvalue weighted by atomic mass is 32.2. The van der Waals surface area contributed by atoms with Crippen LogP contribution in [0.4, 0.5) is 0 Å². The lowest BCUT2D eigenvalue weighted by Gasteiger charge is -2.27. The van der Waals surface area contributed by atoms with Gasteiger partial charge in [-0.2, -0.15) is 16.7 Å². The Bertz CT molecular complexity index is 409. The standard InChI is InChI=1S/C12H18N2O2S2/c1-3-9-11(18-7-6-17-9)12-13-10(16-14-12)5-4-8(2)15/h9,11H,3-7H2,1-2H3. The predicted molar refractivity (Wildman–Crippen MR) is 75.0 cm³/mol. The number of aromatic nitrogens is 2. The molecule has 1 aromatic rings. The van der Waals surface area contributed by atoms with Crippen LogP contribution in [0.2, 0.25) is 0 Å². The Morgan fingerprint density at radius 2 is 2.22 bits per heavy atom. The van der Waals surface area contributed by atoms with Crippen molar-refractivity contribution in [3.8, 4) is 0 Å². The lowest BCUT2D eigenvalue weighted by atomic mass is 10.2. The van der Waals surface area contributed by atoms with Gasteiger partial charge in [0.05, 0.1) is 5.25 Å². The smallest absolute Gasteiger partial charge is 0.227 e. The van der Waals surface area contributed by atoms with Crippen molar-refractivity contribution in [3.63, 3.8) is 0 Å². The zero-order valence-electron chi connectivity index (χ0n) is 10.7. The van der Waals surface area contributed by atoms with Crippen molar-refractivity contribution in [2.24, 2.45) is 0 Å². The molecule has 100 valence electrons. The first-order valence-corrected chi connectivity index (χ1v) is 8.35. The fourth-order valence-electron chi connectivity index (χ4n) is 1.91. The maximum atomic E-state index is 10.9. The van der Waals surface area contributed by atoms with Crippen molar-refractivity contribution in [2.75, 3.05) is 11.5 Å². The molecule has 1 fully saturated rings. The number of Topliss-reactive ketones (excluding diaryl/α,β-unsaturated/α-hetero) is 1. The summed E-state index contributed by atoms with van der Waals surface area (Å²) in [5, 5.41) is 4.99. The van der Waals surface area contributed by atoms with Crippen molar-refractivity contribution in [3.05, 3.63) is 11.7 Å². The molecule has 1 saturated heterocycles. The monoisotopic (exact) mass is 286 g/mol. The van der Waals surface area contributed by atoms with Gasteiger partial charge in [0.15, 0.2) is 5.82 Å². The van der Waals surface area contributed by atoms with Gasteiger partial charge in [-0.05, 0) is 13.3 Å². The summed E-state index contributed by atoms with van der Waals surface area (Å²) in [4.78, 5) is 15.4. The van der Waals surface area contributed by atoms with Gasteiger partial charge in [-0.15, -0.1) is 11.8 Å². The van der Waals surface area contributed by atoms with Crippen molar-refractivity contribution >= 4 is 29.3 Å². The quantitative estimate of drug-likeness (QED) is 0.829. The molecule has 0 N–H and O–H groups in total. The number of carbonyl (C=O) groups is 1. The van der Waals surface area contributed by atoms with Crippen LogP contribution in [0, 0.1) is 0 Å². The van der Waals surface area contributed by atoms with Gasteiger partial charge in [0.25, 0.3) is 0 Å². The van der Waals surface area contributed by atoms with E-state index in [1.165, 1.54) is 5.75 Å². The molecule has 18 heavy (non-hydrogen) atoms. The van der Waals surface area contributed by atoms with Crippen LogP contribution < -0.4 is 0 Å². The molecule has 2 rings (SSSR count). The third kappa shape index (κ3) is 3.51. The van der Waals surface area contributed by atoms with E-state index in [9.17, 15) is 4.79 Å². The normalized spacial score (nSPS) is 24.1. The molecule has 0 saturated carbocycles. The van der Waals surface area contributed by atoms with Crippen molar-refractivity contribution in [2.45, 2.75) is 43.6 Å². The van der Waals surface area contributed by atoms with Crippen LogP contribution >= 0.6 is 23.5 Å². The van der Waals surface area contributed by atoms with Gasteiger partial charge < -0.3 is 9.32 Å². The van der Waals surface area contributed by atoms with Crippen LogP contribution in [-0.4, -0.2) is 32.7 Å². The Morgan fingerprint density at radius 3 is 2.94 bits per heavy atom. The van der Waals surface area contributed by atoms with Gasteiger partial charge in [0, 0.05) is 29.6 Å². The molecular weight excluding hydrogens is 268 g/mol. The van der Waals surface area contributed by atoms with E-state index in [0.717, 1.165) is 18.0 Å². The Hall–Kier alpha value is -0.490. The lowest BCUT2D eigenvalue weighted by molar-refractivity contribution is -0.117. The fraction of sp³-hybridized carbons (Fsp3) is 0.750. The molecule has 1 aliphatic rings. The highest BCUT2D eigenvalue weighted by Gasteiger charge is 2.30. The second-order valence-electron chi connectivity index (χ2n) is 4.36. The topological polar surface area (TPSA) is 56.0 Å². The van der Waals surface area contributed by atoms with E-state index in [1.54, 1.807) is 6.92 Å². The number of nitrogens with zero attached hydrogens (tertiary/aromatic N) is 2. The van der Waals surface area contributed by atoms with Crippen molar-refractivity contribution < 1.29 is 9.32 Å². The number of rotatable bonds is 5. The van der Waals surface area contributed by atoms with Gasteiger partial charge >= 0.3 is 0 Å². The van der Waals surface area contributed by atoms with E-state index in [0.29, 0.717) is 29.2 Å². The van der Waals surface area contributed by atoms with Gasteiger partial charge in [-0.1, -0.05) is 12.1 Å². The van der Waals surface area contributed by atoms with Gasteiger partial charge in [-0.3, -0.25) is 0 Å². The summed E-state index contributed by atoms with van der Waals surface area (Å²) in [6.07, 6.45) is 2.16. The van der Waals surface area contributed by atoms with E-state index in [-0.39, 0.29) is 5.78 Å². The number of hydrogen-bond acceptors (Lipinski definition) is 6. The molecule has 0 radical (unpaired) electrons. The highest BCUT2D eigenvalue weighted by molar-refractivity contribution is 8.06. The summed E-state index contributed by atoms with van der Waals surface area (Å²) >= 11 is 3.91. The molecule has 0 aliphatic carbocycles. The summed E-state index contributed by atoms with van der Waals surface area (Å²) in [6.45, 7) is 3.78. The first kappa shape index (κ1) is 13.9. The first-order valence-electron chi connectivity index (χ1n) is 6.25. The van der Waals surface area contributed by atoms with Crippen LogP contribution in [0.25, 0.3) is 0 Å². The summed E-state index contributed by atoms with van der Waals surface area (Å²) in [5.74, 6) is 3.89. The lowest BCUT2D eigenvalue weighted by Crippen LogP contribution is -2.19. The van der Waals surface area contributed by atoms with Crippen LogP contribution in [0.1, 0.15) is 43.7 Å². The second-order valence-corrected chi connectivity index (χ2v) is 6.95. The maximum Gasteiger partial charge on any atom is 0.227 e. The molecule has 0 amide bonds. The third-order valence-corrected chi connectivity index (χ3v) is 6.12. The Morgan fingerprint density at radius 1 is 1.44 bits per heavy atom. The number of thioether (sulfide) groups is 2. The average Bonchev–Trinajstić information content (AvgIpc) is 2.85. The molecule has 1 aliphatic heterocycles. The van der Waals surface area contributed by atoms with Crippen LogP contribution in [0.3, 0.4) is 0 Å². The highest BCUT2D eigenvalue weighted by Crippen LogP contribution is 2.42. The third-order valence-electron chi connectivity index (χ3n) is 2.88. The summed E-state index contributed by atoms with van der Waals surface area (Å²) in [6, 6.07) is 0. The molecule has 0 spiro atoms. The maximum absolute atomic E-state index is 10.9. The molecule has 1 aromatic heterocycles. The number of aryl methyl sites for hydroxylation is 1. The minimum Gasteiger partial charge on any atom is -0.339 e. The largest absolute Gasteiger partial charge is 0.339 e. The van der Waals surface area contributed by atoms with Crippen molar-refractivity contribution in [1.82, 2.24) is 10.1 Å². The number of hydrogen-bond donors (Lipinski definition) is 0. The minimum atomic E-state index is 0.156. The van der Waals surface area contributed by atoms with E-state index in [4.69, 9.17) is 4.52 Å². The van der Waals surface area contributed by atoms with Crippen molar-refractivity contribution in [1.29, 1.82) is 0 Å². The molecule has 2 atom stereocenters. The molecule has 4 nitrogen and oxygen atoms in total. The second kappa shape index (κ2) is 6.61. The minimum absolute atomic E-state index is 0.156. The summed E-state index contributed by atoms with van der Waals surface area (Å²) in [5.41, 5.74) is 0. The van der Waals surface area contributed by atoms with Gasteiger partial charge in [0.1, 0.15) is 5.78 Å². The van der Waals surface area contributed by atoms with Crippen LogP contribution in [0.15, 0.2) is 4.52 Å². The molecule has 2 unspecified atom stereocenters. The van der Waals surface area contributed by atoms with E-state index >= 15 is 0 Å². The van der Waals surface area contributed by atoms with Gasteiger partial charge in [0.2, 0.25) is 5.89 Å². The molecule has 0 bridgehead atoms. The zero-order chi connectivity index (χ0) is 13.0. The van der Waals surface area contributed by atoms with Crippen LogP contribution in [0.5, 0.6) is 0 Å². The zero-order valence-corrected chi connectivity index (χ0v) is 12.4. The van der Waals surface area contributed by atoms with E-state index in [1.807, 2.05) is 23.5 Å². The fourth-order valence-corrected chi connectivity index (χ4v) is 4.89. The van der Waals surface area contributed by atoms with E-state index in [2.05, 4.69) is 17.1 Å². The number of carbonyl (C=O) groups excluding carboxylic acids is 1. The Labute approximate surface area is 116 Å². The average molecular weight is 286 g/mol. The SMILES string of the molecule is CCC1SCCSC1c1noc(CCC(C)=O)n1. The Kier molecular flexibility index (Phi) is 5.12. The molecule has 0 aromatic carbocycles. The summed E-state index contributed by atoms with van der Waals surface area (Å²) in [7, 11) is 0. The molecular formula is C12H18N2O2S2. The van der Waals surface area contributed by atoms with Crippen LogP contribution in [-0.2, 0) is 11.2 Å². The van der Waals surface area contributed by atoms with Gasteiger partial charge in [-0.25, -0.2) is 0 Å². The molecule has 6 heteroatoms.